The summed E-state index contributed by atoms with van der Waals surface area (Å²) in [6, 6.07) is 8.37. The molecule has 0 unspecified atom stereocenters. The highest BCUT2D eigenvalue weighted by molar-refractivity contribution is 14.0. The molecule has 2 rings (SSSR count). The van der Waals surface area contributed by atoms with E-state index in [9.17, 15) is 5.11 Å². The van der Waals surface area contributed by atoms with Crippen LogP contribution in [0.1, 0.15) is 0 Å². The van der Waals surface area contributed by atoms with Gasteiger partial charge in [0.15, 0.2) is 12.4 Å². The minimum Gasteiger partial charge on any atom is -0.859 e. The molecule has 112 valence electrons. The quantitative estimate of drug-likeness (QED) is 0.319. The van der Waals surface area contributed by atoms with E-state index >= 15 is 0 Å². The highest BCUT2D eigenvalue weighted by atomic mass is 127. The van der Waals surface area contributed by atoms with Crippen LogP contribution in [0.3, 0.4) is 0 Å². The van der Waals surface area contributed by atoms with E-state index in [2.05, 4.69) is 4.99 Å². The van der Waals surface area contributed by atoms with Crippen LogP contribution in [0.2, 0.25) is 10.0 Å². The van der Waals surface area contributed by atoms with E-state index in [0.717, 1.165) is 0 Å². The summed E-state index contributed by atoms with van der Waals surface area (Å²) in [5, 5.41) is 12.5. The zero-order valence-corrected chi connectivity index (χ0v) is 15.0. The number of aromatic nitrogens is 1. The van der Waals surface area contributed by atoms with Crippen LogP contribution in [0.15, 0.2) is 47.7 Å². The molecule has 0 aliphatic carbocycles. The van der Waals surface area contributed by atoms with Crippen LogP contribution in [0.5, 0.6) is 5.75 Å². The molecule has 0 atom stereocenters. The molecule has 2 aromatic rings. The van der Waals surface area contributed by atoms with Crippen LogP contribution in [0, 0.1) is 0 Å². The fourth-order valence-corrected chi connectivity index (χ4v) is 1.81. The van der Waals surface area contributed by atoms with Gasteiger partial charge in [-0.2, -0.15) is 0 Å². The molecular formula is C14H13Cl2IN2O2. The summed E-state index contributed by atoms with van der Waals surface area (Å²) in [5.41, 5.74) is 0.581. The van der Waals surface area contributed by atoms with E-state index in [1.165, 1.54) is 0 Å². The molecule has 1 aromatic heterocycles. The molecule has 0 saturated heterocycles. The van der Waals surface area contributed by atoms with Gasteiger partial charge in [-0.05, 0) is 18.2 Å². The highest BCUT2D eigenvalue weighted by Crippen LogP contribution is 2.26. The van der Waals surface area contributed by atoms with Crippen molar-refractivity contribution in [1.82, 2.24) is 0 Å². The first-order chi connectivity index (χ1) is 9.54. The zero-order valence-electron chi connectivity index (χ0n) is 11.1. The van der Waals surface area contributed by atoms with Gasteiger partial charge in [-0.25, -0.2) is 4.57 Å². The maximum Gasteiger partial charge on any atom is 0.194 e. The van der Waals surface area contributed by atoms with Crippen molar-refractivity contribution in [2.75, 3.05) is 6.61 Å². The van der Waals surface area contributed by atoms with Crippen molar-refractivity contribution in [2.24, 2.45) is 12.0 Å². The molecule has 4 nitrogen and oxygen atoms in total. The standard InChI is InChI=1S/C14H12Cl2N2O2.HI/c1-18-6-2-3-10(8-18)17-14(19)9-20-11-4-5-12(15)13(16)7-11;/h2-8H,9H2,1H3;1H. The van der Waals surface area contributed by atoms with Gasteiger partial charge in [-0.1, -0.05) is 23.2 Å². The van der Waals surface area contributed by atoms with E-state index in [1.54, 1.807) is 30.5 Å². The Hall–Kier alpha value is -1.05. The maximum absolute atomic E-state index is 11.7. The van der Waals surface area contributed by atoms with Gasteiger partial charge < -0.3 is 9.84 Å². The number of aliphatic imine (C=N–C) groups is 1. The number of benzene rings is 1. The third-order valence-corrected chi connectivity index (χ3v) is 3.17. The Morgan fingerprint density at radius 2 is 2.05 bits per heavy atom. The van der Waals surface area contributed by atoms with Crippen LogP contribution in [-0.2, 0) is 7.05 Å². The average Bonchev–Trinajstić information content (AvgIpc) is 2.40. The highest BCUT2D eigenvalue weighted by Gasteiger charge is 2.00. The van der Waals surface area contributed by atoms with Crippen LogP contribution in [0.25, 0.3) is 0 Å². The maximum atomic E-state index is 11.7. The predicted molar refractivity (Wildman–Crippen MR) is 92.1 cm³/mol. The van der Waals surface area contributed by atoms with Crippen LogP contribution >= 0.6 is 47.2 Å². The number of aryl methyl sites for hydroxylation is 1. The molecule has 0 bridgehead atoms. The molecule has 0 spiro atoms. The summed E-state index contributed by atoms with van der Waals surface area (Å²) in [6.07, 6.45) is 3.60. The predicted octanol–water partition coefficient (Wildman–Crippen LogP) is 2.91. The third-order valence-electron chi connectivity index (χ3n) is 2.43. The van der Waals surface area contributed by atoms with Crippen LogP contribution < -0.4 is 14.4 Å². The van der Waals surface area contributed by atoms with Crippen molar-refractivity contribution in [3.05, 3.63) is 52.8 Å². The van der Waals surface area contributed by atoms with Crippen molar-refractivity contribution >= 4 is 58.8 Å². The Kier molecular flexibility index (Phi) is 7.21. The summed E-state index contributed by atoms with van der Waals surface area (Å²) in [4.78, 5) is 3.93. The number of rotatable bonds is 4. The molecule has 0 N–H and O–H groups in total. The first kappa shape index (κ1) is 18.0. The largest absolute Gasteiger partial charge is 0.859 e. The summed E-state index contributed by atoms with van der Waals surface area (Å²) in [6.45, 7) is -0.156. The number of pyridine rings is 1. The van der Waals surface area contributed by atoms with Crippen molar-refractivity contribution < 1.29 is 14.4 Å². The van der Waals surface area contributed by atoms with Crippen molar-refractivity contribution in [3.8, 4) is 5.75 Å². The molecule has 0 amide bonds. The second-order valence-corrected chi connectivity index (χ2v) is 4.91. The molecule has 21 heavy (non-hydrogen) atoms. The zero-order chi connectivity index (χ0) is 14.5. The minimum absolute atomic E-state index is 0. The Labute approximate surface area is 150 Å². The van der Waals surface area contributed by atoms with Crippen molar-refractivity contribution in [2.45, 2.75) is 0 Å². The van der Waals surface area contributed by atoms with E-state index in [4.69, 9.17) is 27.9 Å². The van der Waals surface area contributed by atoms with E-state index < -0.39 is 0 Å². The lowest BCUT2D eigenvalue weighted by Gasteiger charge is -2.12. The Morgan fingerprint density at radius 1 is 1.29 bits per heavy atom. The number of ether oxygens (including phenoxy) is 1. The molecule has 0 fully saturated rings. The van der Waals surface area contributed by atoms with E-state index in [-0.39, 0.29) is 36.5 Å². The minimum atomic E-state index is -0.373. The Bertz CT molecular complexity index is 651. The number of nitrogens with zero attached hydrogens (tertiary/aromatic N) is 2. The molecule has 1 aromatic carbocycles. The lowest BCUT2D eigenvalue weighted by Crippen LogP contribution is -2.27. The summed E-state index contributed by atoms with van der Waals surface area (Å²) < 4.78 is 7.12. The van der Waals surface area contributed by atoms with Crippen LogP contribution in [0.4, 0.5) is 5.69 Å². The topological polar surface area (TPSA) is 48.5 Å². The number of hydrogen-bond acceptors (Lipinski definition) is 3. The van der Waals surface area contributed by atoms with Gasteiger partial charge in [0.1, 0.15) is 25.1 Å². The monoisotopic (exact) mass is 438 g/mol. The van der Waals surface area contributed by atoms with Crippen molar-refractivity contribution in [1.29, 1.82) is 0 Å². The Morgan fingerprint density at radius 3 is 2.71 bits per heavy atom. The number of halogens is 3. The molecule has 0 aliphatic rings. The number of hydrogen-bond donors (Lipinski definition) is 0. The van der Waals surface area contributed by atoms with Gasteiger partial charge >= 0.3 is 0 Å². The van der Waals surface area contributed by atoms with Gasteiger partial charge in [0, 0.05) is 18.0 Å². The van der Waals surface area contributed by atoms with Gasteiger partial charge in [-0.3, -0.25) is 4.99 Å². The van der Waals surface area contributed by atoms with Gasteiger partial charge in [0.25, 0.3) is 0 Å². The van der Waals surface area contributed by atoms with Crippen molar-refractivity contribution in [3.63, 3.8) is 0 Å². The average molecular weight is 439 g/mol. The fraction of sp³-hybridized carbons (Fsp3) is 0.143. The SMILES string of the molecule is C[n+]1cccc(N=C([O-])COc2ccc(Cl)c(Cl)c2)c1.I. The lowest BCUT2D eigenvalue weighted by molar-refractivity contribution is -0.670. The molecular weight excluding hydrogens is 426 g/mol. The smallest absolute Gasteiger partial charge is 0.194 e. The summed E-state index contributed by atoms with van der Waals surface area (Å²) >= 11 is 11.6. The molecule has 0 aliphatic heterocycles. The van der Waals surface area contributed by atoms with E-state index in [0.29, 0.717) is 21.5 Å². The Balaban J connectivity index is 0.00000220. The molecule has 7 heteroatoms. The summed E-state index contributed by atoms with van der Waals surface area (Å²) in [7, 11) is 1.86. The third kappa shape index (κ3) is 5.68. The van der Waals surface area contributed by atoms with Gasteiger partial charge in [0.2, 0.25) is 0 Å². The second-order valence-electron chi connectivity index (χ2n) is 4.10. The van der Waals surface area contributed by atoms with Gasteiger partial charge in [0.05, 0.1) is 10.0 Å². The van der Waals surface area contributed by atoms with Crippen LogP contribution in [-0.4, -0.2) is 12.5 Å². The lowest BCUT2D eigenvalue weighted by atomic mass is 10.3. The normalized spacial score (nSPS) is 10.9. The summed E-state index contributed by atoms with van der Waals surface area (Å²) in [5.74, 6) is 0.101. The second kappa shape index (κ2) is 8.41. The fourth-order valence-electron chi connectivity index (χ4n) is 1.53. The first-order valence-electron chi connectivity index (χ1n) is 5.82. The molecule has 0 radical (unpaired) electrons. The van der Waals surface area contributed by atoms with Gasteiger partial charge in [-0.15, -0.1) is 24.0 Å². The first-order valence-corrected chi connectivity index (χ1v) is 6.58. The molecule has 0 saturated carbocycles. The molecule has 1 heterocycles. The van der Waals surface area contributed by atoms with E-state index in [1.807, 2.05) is 23.9 Å².